The standard InChI is InChI=1S/C15H19N5O.2ClH/c16-10-15(5-1-2-6-15)14(21)19-12-3-4-13(18-9-12)20-8-7-17-11-20;;/h3-4,7-9,11H,1-2,5-6,10,16H2,(H,19,21);2*1H. The molecule has 8 heteroatoms. The van der Waals surface area contributed by atoms with Gasteiger partial charge in [-0.15, -0.1) is 24.8 Å². The van der Waals surface area contributed by atoms with Crippen LogP contribution in [-0.4, -0.2) is 27.0 Å². The van der Waals surface area contributed by atoms with E-state index in [4.69, 9.17) is 5.73 Å². The van der Waals surface area contributed by atoms with Gasteiger partial charge in [0.15, 0.2) is 0 Å². The molecule has 0 bridgehead atoms. The zero-order valence-electron chi connectivity index (χ0n) is 12.6. The summed E-state index contributed by atoms with van der Waals surface area (Å²) in [4.78, 5) is 20.8. The molecule has 1 saturated carbocycles. The third-order valence-corrected chi connectivity index (χ3v) is 4.21. The van der Waals surface area contributed by atoms with Gasteiger partial charge in [0.05, 0.1) is 17.3 Å². The van der Waals surface area contributed by atoms with Crippen molar-refractivity contribution in [3.8, 4) is 5.82 Å². The number of carbonyl (C=O) groups excluding carboxylic acids is 1. The second kappa shape index (κ2) is 8.29. The average molecular weight is 358 g/mol. The van der Waals surface area contributed by atoms with Crippen molar-refractivity contribution in [3.63, 3.8) is 0 Å². The molecule has 6 nitrogen and oxygen atoms in total. The zero-order chi connectivity index (χ0) is 14.7. The Balaban J connectivity index is 0.00000132. The van der Waals surface area contributed by atoms with Gasteiger partial charge in [0.2, 0.25) is 5.91 Å². The number of nitrogens with one attached hydrogen (secondary N) is 1. The number of halogens is 2. The van der Waals surface area contributed by atoms with Crippen molar-refractivity contribution in [1.29, 1.82) is 0 Å². The number of amides is 1. The van der Waals surface area contributed by atoms with E-state index in [1.807, 2.05) is 22.9 Å². The van der Waals surface area contributed by atoms with E-state index < -0.39 is 5.41 Å². The summed E-state index contributed by atoms with van der Waals surface area (Å²) in [5.74, 6) is 0.777. The molecule has 3 rings (SSSR count). The number of hydrogen-bond donors (Lipinski definition) is 2. The molecule has 2 aromatic rings. The Morgan fingerprint density at radius 3 is 2.57 bits per heavy atom. The molecule has 0 unspecified atom stereocenters. The molecule has 126 valence electrons. The molecule has 1 aliphatic rings. The third-order valence-electron chi connectivity index (χ3n) is 4.21. The van der Waals surface area contributed by atoms with Crippen LogP contribution in [0.5, 0.6) is 0 Å². The number of nitrogens with two attached hydrogens (primary N) is 1. The highest BCUT2D eigenvalue weighted by molar-refractivity contribution is 5.95. The molecule has 0 aromatic carbocycles. The number of pyridine rings is 1. The fourth-order valence-corrected chi connectivity index (χ4v) is 2.85. The number of aromatic nitrogens is 3. The van der Waals surface area contributed by atoms with Gasteiger partial charge in [-0.1, -0.05) is 12.8 Å². The molecule has 1 aliphatic carbocycles. The Kier molecular flexibility index (Phi) is 7.00. The normalized spacial score (nSPS) is 15.3. The Morgan fingerprint density at radius 2 is 2.04 bits per heavy atom. The van der Waals surface area contributed by atoms with Gasteiger partial charge in [-0.3, -0.25) is 9.36 Å². The second-order valence-corrected chi connectivity index (χ2v) is 5.52. The van der Waals surface area contributed by atoms with Crippen molar-refractivity contribution in [1.82, 2.24) is 14.5 Å². The lowest BCUT2D eigenvalue weighted by atomic mass is 9.85. The van der Waals surface area contributed by atoms with Crippen LogP contribution in [0.4, 0.5) is 5.69 Å². The quantitative estimate of drug-likeness (QED) is 0.880. The predicted octanol–water partition coefficient (Wildman–Crippen LogP) is 2.57. The van der Waals surface area contributed by atoms with Gasteiger partial charge in [-0.2, -0.15) is 0 Å². The molecule has 0 spiro atoms. The summed E-state index contributed by atoms with van der Waals surface area (Å²) in [7, 11) is 0. The minimum Gasteiger partial charge on any atom is -0.329 e. The summed E-state index contributed by atoms with van der Waals surface area (Å²) in [5.41, 5.74) is 6.12. The molecular formula is C15H21Cl2N5O. The maximum atomic E-state index is 12.4. The van der Waals surface area contributed by atoms with E-state index in [0.29, 0.717) is 12.2 Å². The van der Waals surface area contributed by atoms with Gasteiger partial charge in [-0.05, 0) is 25.0 Å². The Labute approximate surface area is 147 Å². The molecule has 0 aliphatic heterocycles. The van der Waals surface area contributed by atoms with Crippen LogP contribution in [0.25, 0.3) is 5.82 Å². The fourth-order valence-electron chi connectivity index (χ4n) is 2.85. The molecule has 1 amide bonds. The number of anilines is 1. The number of hydrogen-bond acceptors (Lipinski definition) is 4. The van der Waals surface area contributed by atoms with Gasteiger partial charge >= 0.3 is 0 Å². The highest BCUT2D eigenvalue weighted by Crippen LogP contribution is 2.38. The molecule has 0 radical (unpaired) electrons. The minimum absolute atomic E-state index is 0. The van der Waals surface area contributed by atoms with Crippen LogP contribution >= 0.6 is 24.8 Å². The van der Waals surface area contributed by atoms with E-state index in [1.165, 1.54) is 0 Å². The summed E-state index contributed by atoms with van der Waals surface area (Å²) in [6.07, 6.45) is 10.7. The maximum absolute atomic E-state index is 12.4. The van der Waals surface area contributed by atoms with Crippen molar-refractivity contribution in [2.75, 3.05) is 11.9 Å². The minimum atomic E-state index is -0.400. The van der Waals surface area contributed by atoms with E-state index in [-0.39, 0.29) is 30.7 Å². The first-order valence-corrected chi connectivity index (χ1v) is 7.19. The summed E-state index contributed by atoms with van der Waals surface area (Å²) >= 11 is 0. The summed E-state index contributed by atoms with van der Waals surface area (Å²) < 4.78 is 1.81. The lowest BCUT2D eigenvalue weighted by Crippen LogP contribution is -2.40. The monoisotopic (exact) mass is 357 g/mol. The Morgan fingerprint density at radius 1 is 1.30 bits per heavy atom. The topological polar surface area (TPSA) is 85.8 Å². The van der Waals surface area contributed by atoms with E-state index in [0.717, 1.165) is 31.5 Å². The number of rotatable bonds is 4. The first-order valence-electron chi connectivity index (χ1n) is 7.19. The summed E-state index contributed by atoms with van der Waals surface area (Å²) in [5, 5.41) is 2.94. The van der Waals surface area contributed by atoms with Crippen LogP contribution in [0.1, 0.15) is 25.7 Å². The van der Waals surface area contributed by atoms with Crippen LogP contribution in [0.15, 0.2) is 37.1 Å². The van der Waals surface area contributed by atoms with Gasteiger partial charge < -0.3 is 11.1 Å². The SMILES string of the molecule is Cl.Cl.NCC1(C(=O)Nc2ccc(-n3ccnc3)nc2)CCCC1. The van der Waals surface area contributed by atoms with Crippen LogP contribution in [0.3, 0.4) is 0 Å². The number of carbonyl (C=O) groups is 1. The molecule has 23 heavy (non-hydrogen) atoms. The molecule has 0 saturated heterocycles. The van der Waals surface area contributed by atoms with Crippen LogP contribution in [0.2, 0.25) is 0 Å². The third kappa shape index (κ3) is 4.02. The average Bonchev–Trinajstić information content (AvgIpc) is 3.20. The van der Waals surface area contributed by atoms with Gasteiger partial charge in [-0.25, -0.2) is 9.97 Å². The van der Waals surface area contributed by atoms with E-state index in [9.17, 15) is 4.79 Å². The molecule has 0 atom stereocenters. The number of nitrogens with zero attached hydrogens (tertiary/aromatic N) is 3. The van der Waals surface area contributed by atoms with Crippen molar-refractivity contribution >= 4 is 36.4 Å². The molecule has 2 heterocycles. The maximum Gasteiger partial charge on any atom is 0.231 e. The van der Waals surface area contributed by atoms with Gasteiger partial charge in [0.1, 0.15) is 12.1 Å². The largest absolute Gasteiger partial charge is 0.329 e. The van der Waals surface area contributed by atoms with Gasteiger partial charge in [0.25, 0.3) is 0 Å². The van der Waals surface area contributed by atoms with E-state index >= 15 is 0 Å². The smallest absolute Gasteiger partial charge is 0.231 e. The van der Waals surface area contributed by atoms with Crippen LogP contribution in [-0.2, 0) is 4.79 Å². The Hall–Kier alpha value is -1.63. The zero-order valence-corrected chi connectivity index (χ0v) is 14.3. The van der Waals surface area contributed by atoms with Crippen LogP contribution in [0, 0.1) is 5.41 Å². The van der Waals surface area contributed by atoms with E-state index in [1.54, 1.807) is 18.7 Å². The Bertz CT molecular complexity index is 609. The lowest BCUT2D eigenvalue weighted by Gasteiger charge is -2.25. The highest BCUT2D eigenvalue weighted by atomic mass is 35.5. The van der Waals surface area contributed by atoms with Gasteiger partial charge in [0, 0.05) is 18.9 Å². The van der Waals surface area contributed by atoms with Crippen molar-refractivity contribution in [2.24, 2.45) is 11.1 Å². The van der Waals surface area contributed by atoms with Crippen molar-refractivity contribution < 1.29 is 4.79 Å². The number of imidazole rings is 1. The second-order valence-electron chi connectivity index (χ2n) is 5.52. The molecule has 3 N–H and O–H groups in total. The first kappa shape index (κ1) is 19.4. The molecule has 2 aromatic heterocycles. The predicted molar refractivity (Wildman–Crippen MR) is 94.4 cm³/mol. The summed E-state index contributed by atoms with van der Waals surface area (Å²) in [6, 6.07) is 3.69. The summed E-state index contributed by atoms with van der Waals surface area (Å²) in [6.45, 7) is 0.402. The first-order chi connectivity index (χ1) is 10.2. The lowest BCUT2D eigenvalue weighted by molar-refractivity contribution is -0.124. The highest BCUT2D eigenvalue weighted by Gasteiger charge is 2.39. The molecular weight excluding hydrogens is 337 g/mol. The van der Waals surface area contributed by atoms with Crippen LogP contribution < -0.4 is 11.1 Å². The molecule has 1 fully saturated rings. The van der Waals surface area contributed by atoms with Crippen molar-refractivity contribution in [2.45, 2.75) is 25.7 Å². The van der Waals surface area contributed by atoms with E-state index in [2.05, 4.69) is 15.3 Å². The van der Waals surface area contributed by atoms with Crippen molar-refractivity contribution in [3.05, 3.63) is 37.1 Å². The fraction of sp³-hybridized carbons (Fsp3) is 0.400.